The van der Waals surface area contributed by atoms with Crippen molar-refractivity contribution in [3.63, 3.8) is 0 Å². The second kappa shape index (κ2) is 4.23. The van der Waals surface area contributed by atoms with E-state index in [0.717, 1.165) is 10.9 Å². The Hall–Kier alpha value is -1.39. The Bertz CT molecular complexity index is 525. The van der Waals surface area contributed by atoms with Gasteiger partial charge in [0.2, 0.25) is 0 Å². The van der Waals surface area contributed by atoms with Gasteiger partial charge in [0.15, 0.2) is 0 Å². The van der Waals surface area contributed by atoms with Gasteiger partial charge in [0.05, 0.1) is 5.52 Å². The molecule has 1 unspecified atom stereocenters. The van der Waals surface area contributed by atoms with Crippen LogP contribution in [0, 0.1) is 0 Å². The number of halogens is 1. The van der Waals surface area contributed by atoms with Gasteiger partial charge in [-0.05, 0) is 25.1 Å². The first-order valence-corrected chi connectivity index (χ1v) is 5.41. The van der Waals surface area contributed by atoms with Gasteiger partial charge in [0, 0.05) is 22.9 Å². The Morgan fingerprint density at radius 1 is 1.38 bits per heavy atom. The average molecular weight is 237 g/mol. The number of anilines is 1. The van der Waals surface area contributed by atoms with Crippen LogP contribution in [0.5, 0.6) is 0 Å². The van der Waals surface area contributed by atoms with Crippen LogP contribution in [-0.2, 0) is 6.42 Å². The smallest absolute Gasteiger partial charge is 0.135 e. The predicted octanol–water partition coefficient (Wildman–Crippen LogP) is 1.76. The minimum Gasteiger partial charge on any atom is -0.383 e. The third-order valence-electron chi connectivity index (χ3n) is 2.24. The molecule has 1 atom stereocenters. The minimum absolute atomic E-state index is 0.0102. The largest absolute Gasteiger partial charge is 0.383 e. The van der Waals surface area contributed by atoms with Crippen LogP contribution in [0.15, 0.2) is 18.2 Å². The van der Waals surface area contributed by atoms with Crippen molar-refractivity contribution in [3.05, 3.63) is 29.0 Å². The number of rotatable bonds is 2. The maximum absolute atomic E-state index is 5.90. The van der Waals surface area contributed by atoms with E-state index < -0.39 is 0 Å². The topological polar surface area (TPSA) is 77.8 Å². The number of nitrogen functional groups attached to an aromatic ring is 1. The van der Waals surface area contributed by atoms with Crippen molar-refractivity contribution in [2.45, 2.75) is 19.4 Å². The van der Waals surface area contributed by atoms with Crippen molar-refractivity contribution >= 4 is 28.3 Å². The van der Waals surface area contributed by atoms with Crippen molar-refractivity contribution in [2.75, 3.05) is 5.73 Å². The van der Waals surface area contributed by atoms with Crippen LogP contribution in [0.3, 0.4) is 0 Å². The number of nitrogens with two attached hydrogens (primary N) is 2. The Morgan fingerprint density at radius 3 is 2.81 bits per heavy atom. The highest BCUT2D eigenvalue weighted by Crippen LogP contribution is 2.21. The van der Waals surface area contributed by atoms with Gasteiger partial charge >= 0.3 is 0 Å². The van der Waals surface area contributed by atoms with Gasteiger partial charge < -0.3 is 11.5 Å². The van der Waals surface area contributed by atoms with Gasteiger partial charge in [0.1, 0.15) is 11.6 Å². The van der Waals surface area contributed by atoms with Crippen molar-refractivity contribution in [3.8, 4) is 0 Å². The van der Waals surface area contributed by atoms with Gasteiger partial charge in [0.25, 0.3) is 0 Å². The Labute approximate surface area is 98.6 Å². The molecule has 0 radical (unpaired) electrons. The normalized spacial score (nSPS) is 12.9. The highest BCUT2D eigenvalue weighted by molar-refractivity contribution is 6.31. The fourth-order valence-electron chi connectivity index (χ4n) is 1.56. The predicted molar refractivity (Wildman–Crippen MR) is 66.3 cm³/mol. The second-order valence-corrected chi connectivity index (χ2v) is 4.30. The van der Waals surface area contributed by atoms with E-state index in [2.05, 4.69) is 9.97 Å². The molecule has 0 fully saturated rings. The molecule has 1 heterocycles. The Balaban J connectivity index is 2.56. The number of benzene rings is 1. The van der Waals surface area contributed by atoms with Gasteiger partial charge in [-0.1, -0.05) is 11.6 Å². The highest BCUT2D eigenvalue weighted by Gasteiger charge is 2.07. The first kappa shape index (κ1) is 11.1. The molecule has 0 aliphatic carbocycles. The maximum Gasteiger partial charge on any atom is 0.135 e. The molecule has 0 aliphatic rings. The molecule has 16 heavy (non-hydrogen) atoms. The van der Waals surface area contributed by atoms with Crippen molar-refractivity contribution in [1.29, 1.82) is 0 Å². The maximum atomic E-state index is 5.90. The molecule has 5 heteroatoms. The molecular weight excluding hydrogens is 224 g/mol. The summed E-state index contributed by atoms with van der Waals surface area (Å²) < 4.78 is 0. The lowest BCUT2D eigenvalue weighted by atomic mass is 10.2. The average Bonchev–Trinajstić information content (AvgIpc) is 2.15. The summed E-state index contributed by atoms with van der Waals surface area (Å²) in [6.45, 7) is 1.90. The lowest BCUT2D eigenvalue weighted by molar-refractivity contribution is 0.706. The molecular formula is C11H13ClN4. The third-order valence-corrected chi connectivity index (χ3v) is 2.47. The van der Waals surface area contributed by atoms with Gasteiger partial charge in [-0.15, -0.1) is 0 Å². The summed E-state index contributed by atoms with van der Waals surface area (Å²) in [4.78, 5) is 8.60. The summed E-state index contributed by atoms with van der Waals surface area (Å²) in [7, 11) is 0. The summed E-state index contributed by atoms with van der Waals surface area (Å²) >= 11 is 5.90. The first-order chi connectivity index (χ1) is 7.56. The highest BCUT2D eigenvalue weighted by atomic mass is 35.5. The standard InChI is InChI=1S/C11H13ClN4/c1-6(13)4-10-15-9-5-7(12)2-3-8(9)11(14)16-10/h2-3,5-6H,4,13H2,1H3,(H2,14,15,16). The molecule has 2 rings (SSSR count). The van der Waals surface area contributed by atoms with E-state index in [9.17, 15) is 0 Å². The van der Waals surface area contributed by atoms with Crippen molar-refractivity contribution < 1.29 is 0 Å². The van der Waals surface area contributed by atoms with E-state index in [1.807, 2.05) is 13.0 Å². The van der Waals surface area contributed by atoms with Crippen LogP contribution in [0.1, 0.15) is 12.7 Å². The van der Waals surface area contributed by atoms with E-state index in [-0.39, 0.29) is 6.04 Å². The summed E-state index contributed by atoms with van der Waals surface area (Å²) in [5.41, 5.74) is 12.3. The molecule has 0 saturated carbocycles. The molecule has 4 nitrogen and oxygen atoms in total. The zero-order valence-corrected chi connectivity index (χ0v) is 9.70. The van der Waals surface area contributed by atoms with Crippen molar-refractivity contribution in [2.24, 2.45) is 5.73 Å². The van der Waals surface area contributed by atoms with Crippen LogP contribution < -0.4 is 11.5 Å². The fraction of sp³-hybridized carbons (Fsp3) is 0.273. The molecule has 0 amide bonds. The molecule has 4 N–H and O–H groups in total. The molecule has 1 aromatic heterocycles. The minimum atomic E-state index is 0.0102. The van der Waals surface area contributed by atoms with Crippen LogP contribution >= 0.6 is 11.6 Å². The van der Waals surface area contributed by atoms with Crippen LogP contribution in [0.4, 0.5) is 5.82 Å². The first-order valence-electron chi connectivity index (χ1n) is 5.03. The number of nitrogens with zero attached hydrogens (tertiary/aromatic N) is 2. The SMILES string of the molecule is CC(N)Cc1nc(N)c2ccc(Cl)cc2n1. The molecule has 84 valence electrons. The molecule has 1 aromatic carbocycles. The van der Waals surface area contributed by atoms with Crippen LogP contribution in [0.25, 0.3) is 10.9 Å². The lowest BCUT2D eigenvalue weighted by Gasteiger charge is -2.07. The molecule has 0 saturated heterocycles. The summed E-state index contributed by atoms with van der Waals surface area (Å²) in [6, 6.07) is 5.38. The summed E-state index contributed by atoms with van der Waals surface area (Å²) in [6.07, 6.45) is 0.604. The van der Waals surface area contributed by atoms with Gasteiger partial charge in [-0.25, -0.2) is 9.97 Å². The Kier molecular flexibility index (Phi) is 2.94. The molecule has 0 aliphatic heterocycles. The summed E-state index contributed by atoms with van der Waals surface area (Å²) in [5, 5.41) is 1.45. The van der Waals surface area contributed by atoms with Crippen molar-refractivity contribution in [1.82, 2.24) is 9.97 Å². The monoisotopic (exact) mass is 236 g/mol. The third kappa shape index (κ3) is 2.23. The fourth-order valence-corrected chi connectivity index (χ4v) is 1.72. The van der Waals surface area contributed by atoms with E-state index in [1.54, 1.807) is 12.1 Å². The number of fused-ring (bicyclic) bond motifs is 1. The summed E-state index contributed by atoms with van der Waals surface area (Å²) in [5.74, 6) is 1.12. The van der Waals surface area contributed by atoms with Gasteiger partial charge in [-0.2, -0.15) is 0 Å². The molecule has 0 bridgehead atoms. The van der Waals surface area contributed by atoms with E-state index in [4.69, 9.17) is 23.1 Å². The molecule has 0 spiro atoms. The lowest BCUT2D eigenvalue weighted by Crippen LogP contribution is -2.19. The zero-order chi connectivity index (χ0) is 11.7. The molecule has 2 aromatic rings. The van der Waals surface area contributed by atoms with Gasteiger partial charge in [-0.3, -0.25) is 0 Å². The quantitative estimate of drug-likeness (QED) is 0.833. The zero-order valence-electron chi connectivity index (χ0n) is 8.94. The van der Waals surface area contributed by atoms with Crippen LogP contribution in [0.2, 0.25) is 5.02 Å². The van der Waals surface area contributed by atoms with Crippen LogP contribution in [-0.4, -0.2) is 16.0 Å². The van der Waals surface area contributed by atoms with E-state index >= 15 is 0 Å². The van der Waals surface area contributed by atoms with E-state index in [1.165, 1.54) is 0 Å². The number of hydrogen-bond donors (Lipinski definition) is 2. The number of hydrogen-bond acceptors (Lipinski definition) is 4. The van der Waals surface area contributed by atoms with E-state index in [0.29, 0.717) is 23.1 Å². The number of aromatic nitrogens is 2. The second-order valence-electron chi connectivity index (χ2n) is 3.87. The Morgan fingerprint density at radius 2 is 2.12 bits per heavy atom.